The summed E-state index contributed by atoms with van der Waals surface area (Å²) in [5, 5.41) is 0. The Morgan fingerprint density at radius 2 is 1.67 bits per heavy atom. The Hall–Kier alpha value is -3.48. The number of aryl methyl sites for hydroxylation is 1. The molecule has 0 bridgehead atoms. The van der Waals surface area contributed by atoms with Gasteiger partial charge in [0.2, 0.25) is 0 Å². The van der Waals surface area contributed by atoms with Gasteiger partial charge in [-0.25, -0.2) is 19.2 Å². The van der Waals surface area contributed by atoms with Crippen LogP contribution < -0.4 is 9.47 Å². The van der Waals surface area contributed by atoms with Crippen molar-refractivity contribution < 1.29 is 23.4 Å². The highest BCUT2D eigenvalue weighted by Crippen LogP contribution is 2.27. The number of aromatic nitrogens is 2. The lowest BCUT2D eigenvalue weighted by atomic mass is 10.2. The Morgan fingerprint density at radius 3 is 2.33 bits per heavy atom. The molecular weight excluding hydrogens is 351 g/mol. The summed E-state index contributed by atoms with van der Waals surface area (Å²) in [5.74, 6) is 0.772. The van der Waals surface area contributed by atoms with Crippen LogP contribution in [0, 0.1) is 12.7 Å². The quantitative estimate of drug-likeness (QED) is 0.611. The van der Waals surface area contributed by atoms with Gasteiger partial charge in [0.25, 0.3) is 0 Å². The van der Waals surface area contributed by atoms with Crippen molar-refractivity contribution in [3.05, 3.63) is 77.6 Å². The van der Waals surface area contributed by atoms with Gasteiger partial charge in [-0.2, -0.15) is 0 Å². The van der Waals surface area contributed by atoms with Crippen molar-refractivity contribution in [1.82, 2.24) is 9.97 Å². The van der Waals surface area contributed by atoms with Gasteiger partial charge in [-0.15, -0.1) is 0 Å². The zero-order chi connectivity index (χ0) is 19.2. The molecular formula is C20H17FN2O4. The smallest absolute Gasteiger partial charge is 0.337 e. The van der Waals surface area contributed by atoms with Gasteiger partial charge in [0.1, 0.15) is 35.5 Å². The van der Waals surface area contributed by atoms with Gasteiger partial charge in [-0.3, -0.25) is 0 Å². The molecule has 27 heavy (non-hydrogen) atoms. The molecule has 0 aliphatic carbocycles. The van der Waals surface area contributed by atoms with E-state index in [-0.39, 0.29) is 12.4 Å². The molecule has 0 N–H and O–H groups in total. The molecule has 0 spiro atoms. The molecule has 0 saturated carbocycles. The first-order valence-electron chi connectivity index (χ1n) is 8.10. The summed E-state index contributed by atoms with van der Waals surface area (Å²) in [7, 11) is 1.31. The molecule has 0 unspecified atom stereocenters. The lowest BCUT2D eigenvalue weighted by Crippen LogP contribution is -2.00. The molecule has 0 radical (unpaired) electrons. The fourth-order valence-corrected chi connectivity index (χ4v) is 2.25. The van der Waals surface area contributed by atoms with Crippen LogP contribution in [-0.4, -0.2) is 23.0 Å². The van der Waals surface area contributed by atoms with Crippen molar-refractivity contribution in [2.24, 2.45) is 0 Å². The number of hydrogen-bond acceptors (Lipinski definition) is 6. The zero-order valence-electron chi connectivity index (χ0n) is 14.8. The third-order valence-electron chi connectivity index (χ3n) is 3.60. The topological polar surface area (TPSA) is 70.5 Å². The van der Waals surface area contributed by atoms with Gasteiger partial charge in [0, 0.05) is 36.2 Å². The Kier molecular flexibility index (Phi) is 5.61. The number of halogens is 1. The molecule has 0 fully saturated rings. The minimum atomic E-state index is -0.492. The molecule has 138 valence electrons. The fourth-order valence-electron chi connectivity index (χ4n) is 2.25. The summed E-state index contributed by atoms with van der Waals surface area (Å²) in [6.07, 6.45) is 3.31. The normalized spacial score (nSPS) is 10.3. The molecule has 6 nitrogen and oxygen atoms in total. The van der Waals surface area contributed by atoms with Gasteiger partial charge < -0.3 is 14.2 Å². The van der Waals surface area contributed by atoms with Crippen LogP contribution in [-0.2, 0) is 11.3 Å². The highest BCUT2D eigenvalue weighted by Gasteiger charge is 2.08. The first kappa shape index (κ1) is 18.3. The standard InChI is InChI=1S/C20H17FN2O4/c1-13-22-10-14(11-23-13)12-26-18-7-16(21)8-19(9-18)27-17-5-3-15(4-6-17)20(24)25-2/h3-11H,12H2,1-2H3. The Bertz CT molecular complexity index is 928. The Balaban J connectivity index is 1.69. The summed E-state index contributed by atoms with van der Waals surface area (Å²) < 4.78 is 29.8. The van der Waals surface area contributed by atoms with Crippen molar-refractivity contribution in [2.45, 2.75) is 13.5 Å². The highest BCUT2D eigenvalue weighted by atomic mass is 19.1. The molecule has 0 amide bonds. The van der Waals surface area contributed by atoms with Crippen LogP contribution in [0.1, 0.15) is 21.7 Å². The van der Waals surface area contributed by atoms with E-state index in [1.807, 2.05) is 0 Å². The van der Waals surface area contributed by atoms with E-state index in [9.17, 15) is 9.18 Å². The van der Waals surface area contributed by atoms with Gasteiger partial charge in [-0.05, 0) is 31.2 Å². The number of carbonyl (C=O) groups excluding carboxylic acids is 1. The fraction of sp³-hybridized carbons (Fsp3) is 0.150. The summed E-state index contributed by atoms with van der Waals surface area (Å²) >= 11 is 0. The molecule has 7 heteroatoms. The van der Waals surface area contributed by atoms with Crippen LogP contribution in [0.5, 0.6) is 17.2 Å². The average molecular weight is 368 g/mol. The van der Waals surface area contributed by atoms with Crippen molar-refractivity contribution >= 4 is 5.97 Å². The number of methoxy groups -OCH3 is 1. The predicted molar refractivity (Wildman–Crippen MR) is 95.4 cm³/mol. The lowest BCUT2D eigenvalue weighted by molar-refractivity contribution is 0.0600. The molecule has 1 aromatic heterocycles. The summed E-state index contributed by atoms with van der Waals surface area (Å²) in [5.41, 5.74) is 1.17. The molecule has 0 saturated heterocycles. The highest BCUT2D eigenvalue weighted by molar-refractivity contribution is 5.89. The number of ether oxygens (including phenoxy) is 3. The average Bonchev–Trinajstić information content (AvgIpc) is 2.67. The van der Waals surface area contributed by atoms with Crippen LogP contribution in [0.2, 0.25) is 0 Å². The summed E-state index contributed by atoms with van der Waals surface area (Å²) in [6, 6.07) is 10.4. The first-order chi connectivity index (χ1) is 13.0. The Labute approximate surface area is 155 Å². The second-order valence-electron chi connectivity index (χ2n) is 5.67. The molecule has 1 heterocycles. The molecule has 0 aliphatic heterocycles. The Morgan fingerprint density at radius 1 is 1.00 bits per heavy atom. The largest absolute Gasteiger partial charge is 0.489 e. The van der Waals surface area contributed by atoms with E-state index in [1.54, 1.807) is 49.6 Å². The first-order valence-corrected chi connectivity index (χ1v) is 8.10. The summed E-state index contributed by atoms with van der Waals surface area (Å²) in [4.78, 5) is 19.6. The molecule has 2 aromatic carbocycles. The van der Waals surface area contributed by atoms with Crippen LogP contribution in [0.25, 0.3) is 0 Å². The van der Waals surface area contributed by atoms with E-state index in [1.165, 1.54) is 19.2 Å². The van der Waals surface area contributed by atoms with Gasteiger partial charge in [-0.1, -0.05) is 0 Å². The van der Waals surface area contributed by atoms with E-state index < -0.39 is 11.8 Å². The monoisotopic (exact) mass is 368 g/mol. The van der Waals surface area contributed by atoms with Crippen LogP contribution in [0.3, 0.4) is 0 Å². The number of rotatable bonds is 6. The minimum Gasteiger partial charge on any atom is -0.489 e. The van der Waals surface area contributed by atoms with E-state index in [4.69, 9.17) is 9.47 Å². The maximum Gasteiger partial charge on any atom is 0.337 e. The number of carbonyl (C=O) groups is 1. The van der Waals surface area contributed by atoms with Gasteiger partial charge in [0.05, 0.1) is 12.7 Å². The zero-order valence-corrected chi connectivity index (χ0v) is 14.8. The van der Waals surface area contributed by atoms with Crippen LogP contribution in [0.15, 0.2) is 54.9 Å². The second kappa shape index (κ2) is 8.27. The van der Waals surface area contributed by atoms with E-state index >= 15 is 0 Å². The van der Waals surface area contributed by atoms with Crippen LogP contribution in [0.4, 0.5) is 4.39 Å². The van der Waals surface area contributed by atoms with Crippen LogP contribution >= 0.6 is 0 Å². The number of hydrogen-bond donors (Lipinski definition) is 0. The predicted octanol–water partition coefficient (Wildman–Crippen LogP) is 4.08. The minimum absolute atomic E-state index is 0.205. The third-order valence-corrected chi connectivity index (χ3v) is 3.60. The third kappa shape index (κ3) is 5.01. The lowest BCUT2D eigenvalue weighted by Gasteiger charge is -2.10. The van der Waals surface area contributed by atoms with Gasteiger partial charge in [0.15, 0.2) is 0 Å². The SMILES string of the molecule is COC(=O)c1ccc(Oc2cc(F)cc(OCc3cnc(C)nc3)c2)cc1. The number of benzene rings is 2. The van der Waals surface area contributed by atoms with Crippen molar-refractivity contribution in [3.63, 3.8) is 0 Å². The number of nitrogens with zero attached hydrogens (tertiary/aromatic N) is 2. The molecule has 0 aliphatic rings. The van der Waals surface area contributed by atoms with Crippen molar-refractivity contribution in [1.29, 1.82) is 0 Å². The molecule has 3 aromatic rings. The molecule has 0 atom stereocenters. The van der Waals surface area contributed by atoms with Gasteiger partial charge >= 0.3 is 5.97 Å². The molecule has 3 rings (SSSR count). The maximum atomic E-state index is 13.9. The maximum absolute atomic E-state index is 13.9. The van der Waals surface area contributed by atoms with Crippen molar-refractivity contribution in [2.75, 3.05) is 7.11 Å². The summed E-state index contributed by atoms with van der Waals surface area (Å²) in [6.45, 7) is 2.00. The second-order valence-corrected chi connectivity index (χ2v) is 5.67. The van der Waals surface area contributed by atoms with E-state index in [2.05, 4.69) is 14.7 Å². The van der Waals surface area contributed by atoms with E-state index in [0.717, 1.165) is 5.56 Å². The number of esters is 1. The van der Waals surface area contributed by atoms with E-state index in [0.29, 0.717) is 22.9 Å². The van der Waals surface area contributed by atoms with Crippen molar-refractivity contribution in [3.8, 4) is 17.2 Å².